The van der Waals surface area contributed by atoms with Gasteiger partial charge in [0.2, 0.25) is 8.38 Å². The molecule has 11 heavy (non-hydrogen) atoms. The molecule has 1 aliphatic rings. The van der Waals surface area contributed by atoms with E-state index in [0.29, 0.717) is 13.2 Å². The van der Waals surface area contributed by atoms with E-state index < -0.39 is 8.38 Å². The molecule has 0 aromatic heterocycles. The molecule has 0 amide bonds. The summed E-state index contributed by atoms with van der Waals surface area (Å²) in [7, 11) is -2.16. The van der Waals surface area contributed by atoms with E-state index in [4.69, 9.17) is 19.9 Å². The maximum Gasteiger partial charge on any atom is 0.214 e. The number of hydrogen-bond acceptors (Lipinski definition) is 4. The fourth-order valence-electron chi connectivity index (χ4n) is 1.13. The lowest BCUT2D eigenvalue weighted by atomic mass is 10.0. The van der Waals surface area contributed by atoms with Crippen molar-refractivity contribution >= 4 is 13.8 Å². The Kier molecular flexibility index (Phi) is 3.40. The van der Waals surface area contributed by atoms with Crippen molar-refractivity contribution < 1.29 is 14.5 Å². The third-order valence-electron chi connectivity index (χ3n) is 1.82. The molecule has 0 aromatic carbocycles. The summed E-state index contributed by atoms with van der Waals surface area (Å²) in [6.07, 6.45) is 1.50. The third-order valence-corrected chi connectivity index (χ3v) is 2.62. The van der Waals surface area contributed by atoms with E-state index in [2.05, 4.69) is 0 Å². The summed E-state index contributed by atoms with van der Waals surface area (Å²) in [6, 6.07) is 0. The zero-order valence-electron chi connectivity index (χ0n) is 6.16. The van der Waals surface area contributed by atoms with Crippen LogP contribution in [-0.2, 0) is 4.74 Å². The van der Waals surface area contributed by atoms with Crippen LogP contribution in [0.5, 0.6) is 0 Å². The molecule has 0 saturated carbocycles. The highest BCUT2D eigenvalue weighted by molar-refractivity contribution is 7.64. The minimum atomic E-state index is -2.16. The molecule has 64 valence electrons. The van der Waals surface area contributed by atoms with E-state index in [1.165, 1.54) is 0 Å². The first kappa shape index (κ1) is 9.07. The Bertz CT molecular complexity index is 145. The topological polar surface area (TPSA) is 73.5 Å². The average molecular weight is 177 g/mol. The Morgan fingerprint density at radius 2 is 1.91 bits per heavy atom. The first-order chi connectivity index (χ1) is 5.22. The van der Waals surface area contributed by atoms with Gasteiger partial charge in [0.25, 0.3) is 0 Å². The van der Waals surface area contributed by atoms with Gasteiger partial charge in [0, 0.05) is 19.1 Å². The van der Waals surface area contributed by atoms with E-state index in [1.54, 1.807) is 0 Å². The molecule has 0 radical (unpaired) electrons. The molecule has 5 heteroatoms. The summed E-state index contributed by atoms with van der Waals surface area (Å²) in [5.41, 5.74) is 0.0864. The predicted molar refractivity (Wildman–Crippen MR) is 42.6 cm³/mol. The molecule has 0 aromatic rings. The van der Waals surface area contributed by atoms with Gasteiger partial charge in [-0.15, -0.1) is 0 Å². The van der Waals surface area contributed by atoms with E-state index >= 15 is 0 Å². The van der Waals surface area contributed by atoms with Crippen LogP contribution in [0.4, 0.5) is 0 Å². The van der Waals surface area contributed by atoms with E-state index in [0.717, 1.165) is 12.8 Å². The smallest absolute Gasteiger partial charge is 0.214 e. The van der Waals surface area contributed by atoms with Gasteiger partial charge in [-0.2, -0.15) is 0 Å². The fourth-order valence-corrected chi connectivity index (χ4v) is 1.72. The van der Waals surface area contributed by atoms with Crippen LogP contribution in [0.3, 0.4) is 0 Å². The number of nitrogens with one attached hydrogen (secondary N) is 1. The Balaban J connectivity index is 2.39. The second kappa shape index (κ2) is 4.12. The SMILES string of the molecule is N=C(C1CCOCC1)P(O)O. The van der Waals surface area contributed by atoms with Crippen molar-refractivity contribution in [2.24, 2.45) is 5.92 Å². The highest BCUT2D eigenvalue weighted by Gasteiger charge is 2.22. The molecule has 1 heterocycles. The van der Waals surface area contributed by atoms with Gasteiger partial charge in [-0.25, -0.2) is 0 Å². The monoisotopic (exact) mass is 177 g/mol. The molecule has 1 saturated heterocycles. The molecule has 0 unspecified atom stereocenters. The fraction of sp³-hybridized carbons (Fsp3) is 0.833. The van der Waals surface area contributed by atoms with Gasteiger partial charge in [-0.3, -0.25) is 5.41 Å². The van der Waals surface area contributed by atoms with E-state index in [9.17, 15) is 0 Å². The first-order valence-electron chi connectivity index (χ1n) is 3.56. The standard InChI is InChI=1S/C6H12NO3P/c7-6(11(8)9)5-1-3-10-4-2-5/h5,7-9H,1-4H2. The maximum absolute atomic E-state index is 8.73. The average Bonchev–Trinajstić information content (AvgIpc) is 2.05. The Morgan fingerprint density at radius 3 is 2.36 bits per heavy atom. The first-order valence-corrected chi connectivity index (χ1v) is 4.80. The summed E-state index contributed by atoms with van der Waals surface area (Å²) in [6.45, 7) is 1.27. The molecular weight excluding hydrogens is 165 g/mol. The maximum atomic E-state index is 8.73. The van der Waals surface area contributed by atoms with Gasteiger partial charge < -0.3 is 14.5 Å². The minimum Gasteiger partial charge on any atom is -0.381 e. The summed E-state index contributed by atoms with van der Waals surface area (Å²) >= 11 is 0. The zero-order valence-corrected chi connectivity index (χ0v) is 7.05. The summed E-state index contributed by atoms with van der Waals surface area (Å²) in [5, 5.41) is 7.31. The minimum absolute atomic E-state index is 0.0323. The van der Waals surface area contributed by atoms with E-state index in [-0.39, 0.29) is 11.4 Å². The van der Waals surface area contributed by atoms with Crippen molar-refractivity contribution in [2.45, 2.75) is 12.8 Å². The van der Waals surface area contributed by atoms with Crippen LogP contribution in [-0.4, -0.2) is 28.5 Å². The van der Waals surface area contributed by atoms with Crippen molar-refractivity contribution in [3.05, 3.63) is 0 Å². The van der Waals surface area contributed by atoms with Gasteiger partial charge >= 0.3 is 0 Å². The lowest BCUT2D eigenvalue weighted by molar-refractivity contribution is 0.0830. The Morgan fingerprint density at radius 1 is 1.36 bits per heavy atom. The predicted octanol–water partition coefficient (Wildman–Crippen LogP) is 0.687. The number of ether oxygens (including phenoxy) is 1. The molecular formula is C6H12NO3P. The number of hydrogen-bond donors (Lipinski definition) is 3. The molecule has 0 atom stereocenters. The molecule has 0 aliphatic carbocycles. The van der Waals surface area contributed by atoms with Gasteiger partial charge in [0.05, 0.1) is 5.45 Å². The molecule has 1 aliphatic heterocycles. The van der Waals surface area contributed by atoms with Gasteiger partial charge in [0.1, 0.15) is 0 Å². The second-order valence-corrected chi connectivity index (χ2v) is 3.62. The van der Waals surface area contributed by atoms with Crippen LogP contribution >= 0.6 is 8.38 Å². The van der Waals surface area contributed by atoms with Crippen molar-refractivity contribution in [2.75, 3.05) is 13.2 Å². The lowest BCUT2D eigenvalue weighted by Gasteiger charge is -2.22. The van der Waals surface area contributed by atoms with Crippen molar-refractivity contribution in [3.63, 3.8) is 0 Å². The normalized spacial score (nSPS) is 20.6. The molecule has 1 rings (SSSR count). The van der Waals surface area contributed by atoms with E-state index in [1.807, 2.05) is 0 Å². The summed E-state index contributed by atoms with van der Waals surface area (Å²) in [4.78, 5) is 17.5. The van der Waals surface area contributed by atoms with Gasteiger partial charge in [-0.1, -0.05) is 0 Å². The molecule has 0 spiro atoms. The number of rotatable bonds is 2. The van der Waals surface area contributed by atoms with Crippen LogP contribution in [0.15, 0.2) is 0 Å². The lowest BCUT2D eigenvalue weighted by Crippen LogP contribution is -2.21. The van der Waals surface area contributed by atoms with Gasteiger partial charge in [-0.05, 0) is 12.8 Å². The van der Waals surface area contributed by atoms with Crippen molar-refractivity contribution in [1.29, 1.82) is 5.41 Å². The van der Waals surface area contributed by atoms with Crippen LogP contribution in [0.25, 0.3) is 0 Å². The van der Waals surface area contributed by atoms with Crippen molar-refractivity contribution in [3.8, 4) is 0 Å². The van der Waals surface area contributed by atoms with Gasteiger partial charge in [0.15, 0.2) is 0 Å². The Hall–Kier alpha value is -0.0200. The highest BCUT2D eigenvalue weighted by Crippen LogP contribution is 2.33. The molecule has 3 N–H and O–H groups in total. The summed E-state index contributed by atoms with van der Waals surface area (Å²) < 4.78 is 5.08. The van der Waals surface area contributed by atoms with Crippen LogP contribution in [0.2, 0.25) is 0 Å². The van der Waals surface area contributed by atoms with Crippen LogP contribution in [0.1, 0.15) is 12.8 Å². The molecule has 1 fully saturated rings. The molecule has 4 nitrogen and oxygen atoms in total. The molecule has 0 bridgehead atoms. The van der Waals surface area contributed by atoms with Crippen LogP contribution < -0.4 is 0 Å². The quantitative estimate of drug-likeness (QED) is 0.429. The summed E-state index contributed by atoms with van der Waals surface area (Å²) in [5.74, 6) is 0.0323. The van der Waals surface area contributed by atoms with Crippen molar-refractivity contribution in [1.82, 2.24) is 0 Å². The highest BCUT2D eigenvalue weighted by atomic mass is 31.2. The Labute approximate surface area is 66.6 Å². The largest absolute Gasteiger partial charge is 0.381 e. The zero-order chi connectivity index (χ0) is 8.27. The second-order valence-electron chi connectivity index (χ2n) is 2.56. The van der Waals surface area contributed by atoms with Crippen LogP contribution in [0, 0.1) is 11.3 Å². The third kappa shape index (κ3) is 2.49.